The number of carbonyl (C=O) groups is 2. The summed E-state index contributed by atoms with van der Waals surface area (Å²) < 4.78 is 16.3. The zero-order valence-corrected chi connectivity index (χ0v) is 13.2. The second kappa shape index (κ2) is 6.55. The van der Waals surface area contributed by atoms with Gasteiger partial charge in [-0.25, -0.2) is 0 Å². The molecule has 1 N–H and O–H groups in total. The molecule has 0 bridgehead atoms. The fraction of sp³-hybridized carbons (Fsp3) is 0.500. The van der Waals surface area contributed by atoms with E-state index in [1.807, 2.05) is 6.92 Å². The Morgan fingerprint density at radius 1 is 1.43 bits per heavy atom. The SMILES string of the molecule is CCO[C@@H]1COC[C@H]1NC(=O)c1ccc2c(c1)N(C)C(=O)CO2. The van der Waals surface area contributed by atoms with Gasteiger partial charge in [0.05, 0.1) is 24.9 Å². The largest absolute Gasteiger partial charge is 0.482 e. The van der Waals surface area contributed by atoms with Gasteiger partial charge < -0.3 is 24.4 Å². The van der Waals surface area contributed by atoms with Crippen LogP contribution in [0.3, 0.4) is 0 Å². The Bertz CT molecular complexity index is 618. The maximum Gasteiger partial charge on any atom is 0.264 e. The predicted octanol–water partition coefficient (Wildman–Crippen LogP) is 0.575. The van der Waals surface area contributed by atoms with Crippen LogP contribution in [0.15, 0.2) is 18.2 Å². The van der Waals surface area contributed by atoms with Crippen molar-refractivity contribution in [2.24, 2.45) is 0 Å². The molecule has 0 spiro atoms. The summed E-state index contributed by atoms with van der Waals surface area (Å²) in [6, 6.07) is 4.88. The van der Waals surface area contributed by atoms with Crippen molar-refractivity contribution in [2.75, 3.05) is 38.4 Å². The van der Waals surface area contributed by atoms with Gasteiger partial charge in [-0.2, -0.15) is 0 Å². The first kappa shape index (κ1) is 15.8. The van der Waals surface area contributed by atoms with Crippen molar-refractivity contribution >= 4 is 17.5 Å². The van der Waals surface area contributed by atoms with Crippen molar-refractivity contribution in [2.45, 2.75) is 19.1 Å². The number of fused-ring (bicyclic) bond motifs is 1. The zero-order chi connectivity index (χ0) is 16.4. The van der Waals surface area contributed by atoms with Crippen LogP contribution in [0.2, 0.25) is 0 Å². The molecule has 1 aromatic carbocycles. The molecule has 23 heavy (non-hydrogen) atoms. The maximum absolute atomic E-state index is 12.5. The average Bonchev–Trinajstić information content (AvgIpc) is 2.98. The van der Waals surface area contributed by atoms with Crippen LogP contribution in [0, 0.1) is 0 Å². The Balaban J connectivity index is 1.74. The standard InChI is InChI=1S/C16H20N2O5/c1-3-22-14-8-21-7-11(14)17-16(20)10-4-5-13-12(6-10)18(2)15(19)9-23-13/h4-6,11,14H,3,7-9H2,1-2H3,(H,17,20)/t11-,14-/m1/s1. The number of benzene rings is 1. The van der Waals surface area contributed by atoms with E-state index >= 15 is 0 Å². The fourth-order valence-electron chi connectivity index (χ4n) is 2.71. The minimum Gasteiger partial charge on any atom is -0.482 e. The smallest absolute Gasteiger partial charge is 0.264 e. The molecule has 0 unspecified atom stereocenters. The molecular weight excluding hydrogens is 300 g/mol. The van der Waals surface area contributed by atoms with Gasteiger partial charge in [0.2, 0.25) is 0 Å². The Hall–Kier alpha value is -2.12. The molecule has 2 atom stereocenters. The molecule has 0 aliphatic carbocycles. The van der Waals surface area contributed by atoms with E-state index in [1.165, 1.54) is 4.90 Å². The summed E-state index contributed by atoms with van der Waals surface area (Å²) in [4.78, 5) is 25.7. The lowest BCUT2D eigenvalue weighted by Gasteiger charge is -2.26. The molecule has 2 heterocycles. The fourth-order valence-corrected chi connectivity index (χ4v) is 2.71. The van der Waals surface area contributed by atoms with E-state index in [4.69, 9.17) is 14.2 Å². The second-order valence-electron chi connectivity index (χ2n) is 5.54. The molecule has 1 fully saturated rings. The summed E-state index contributed by atoms with van der Waals surface area (Å²) in [5.74, 6) is 0.232. The summed E-state index contributed by atoms with van der Waals surface area (Å²) >= 11 is 0. The van der Waals surface area contributed by atoms with Crippen molar-refractivity contribution in [3.8, 4) is 5.75 Å². The summed E-state index contributed by atoms with van der Waals surface area (Å²) in [5, 5.41) is 2.93. The van der Waals surface area contributed by atoms with Gasteiger partial charge >= 0.3 is 0 Å². The van der Waals surface area contributed by atoms with Gasteiger partial charge in [0.1, 0.15) is 11.9 Å². The molecule has 2 aliphatic rings. The number of hydrogen-bond acceptors (Lipinski definition) is 5. The zero-order valence-electron chi connectivity index (χ0n) is 13.2. The van der Waals surface area contributed by atoms with E-state index in [1.54, 1.807) is 25.2 Å². The highest BCUT2D eigenvalue weighted by atomic mass is 16.5. The summed E-state index contributed by atoms with van der Waals surface area (Å²) in [6.07, 6.45) is -0.130. The van der Waals surface area contributed by atoms with Crippen LogP contribution in [0.25, 0.3) is 0 Å². The van der Waals surface area contributed by atoms with Gasteiger partial charge in [-0.15, -0.1) is 0 Å². The maximum atomic E-state index is 12.5. The van der Waals surface area contributed by atoms with Crippen molar-refractivity contribution in [3.63, 3.8) is 0 Å². The first-order chi connectivity index (χ1) is 11.1. The third-order valence-corrected chi connectivity index (χ3v) is 4.03. The highest BCUT2D eigenvalue weighted by Gasteiger charge is 2.31. The van der Waals surface area contributed by atoms with Crippen LogP contribution in [-0.2, 0) is 14.3 Å². The monoisotopic (exact) mass is 320 g/mol. The molecule has 2 amide bonds. The number of hydrogen-bond donors (Lipinski definition) is 1. The first-order valence-corrected chi connectivity index (χ1v) is 7.63. The second-order valence-corrected chi connectivity index (χ2v) is 5.54. The Morgan fingerprint density at radius 2 is 2.26 bits per heavy atom. The number of nitrogens with one attached hydrogen (secondary N) is 1. The number of nitrogens with zero attached hydrogens (tertiary/aromatic N) is 1. The average molecular weight is 320 g/mol. The lowest BCUT2D eigenvalue weighted by Crippen LogP contribution is -2.44. The van der Waals surface area contributed by atoms with Crippen LogP contribution >= 0.6 is 0 Å². The number of anilines is 1. The molecule has 1 aromatic rings. The van der Waals surface area contributed by atoms with Crippen molar-refractivity contribution in [1.82, 2.24) is 5.32 Å². The molecule has 0 saturated carbocycles. The summed E-state index contributed by atoms with van der Waals surface area (Å²) in [7, 11) is 1.67. The van der Waals surface area contributed by atoms with Crippen molar-refractivity contribution in [3.05, 3.63) is 23.8 Å². The van der Waals surface area contributed by atoms with E-state index in [-0.39, 0.29) is 30.6 Å². The third kappa shape index (κ3) is 3.16. The van der Waals surface area contributed by atoms with Crippen LogP contribution in [-0.4, -0.2) is 57.4 Å². The topological polar surface area (TPSA) is 77.1 Å². The predicted molar refractivity (Wildman–Crippen MR) is 82.8 cm³/mol. The van der Waals surface area contributed by atoms with Crippen LogP contribution < -0.4 is 15.0 Å². The third-order valence-electron chi connectivity index (χ3n) is 4.03. The lowest BCUT2D eigenvalue weighted by molar-refractivity contribution is -0.120. The van der Waals surface area contributed by atoms with Gasteiger partial charge in [0.15, 0.2) is 6.61 Å². The van der Waals surface area contributed by atoms with E-state index in [9.17, 15) is 9.59 Å². The molecule has 3 rings (SSSR count). The van der Waals surface area contributed by atoms with Gasteiger partial charge in [-0.1, -0.05) is 0 Å². The highest BCUT2D eigenvalue weighted by molar-refractivity contribution is 6.01. The number of carbonyl (C=O) groups excluding carboxylic acids is 2. The molecule has 7 nitrogen and oxygen atoms in total. The molecule has 7 heteroatoms. The number of ether oxygens (including phenoxy) is 3. The molecule has 0 aromatic heterocycles. The van der Waals surface area contributed by atoms with Gasteiger partial charge in [0, 0.05) is 19.2 Å². The van der Waals surface area contributed by atoms with Crippen molar-refractivity contribution < 1.29 is 23.8 Å². The molecule has 1 saturated heterocycles. The Labute approximate surface area is 134 Å². The van der Waals surface area contributed by atoms with E-state index in [0.717, 1.165) is 0 Å². The van der Waals surface area contributed by atoms with Gasteiger partial charge in [-0.05, 0) is 25.1 Å². The van der Waals surface area contributed by atoms with Crippen LogP contribution in [0.1, 0.15) is 17.3 Å². The molecule has 2 aliphatic heterocycles. The van der Waals surface area contributed by atoms with Crippen LogP contribution in [0.5, 0.6) is 5.75 Å². The number of likely N-dealkylation sites (N-methyl/N-ethyl adjacent to an activating group) is 1. The van der Waals surface area contributed by atoms with E-state index < -0.39 is 0 Å². The van der Waals surface area contributed by atoms with Crippen molar-refractivity contribution in [1.29, 1.82) is 0 Å². The minimum absolute atomic E-state index is 0.0183. The molecule has 0 radical (unpaired) electrons. The van der Waals surface area contributed by atoms with E-state index in [2.05, 4.69) is 5.32 Å². The first-order valence-electron chi connectivity index (χ1n) is 7.63. The quantitative estimate of drug-likeness (QED) is 0.878. The lowest BCUT2D eigenvalue weighted by atomic mass is 10.1. The highest BCUT2D eigenvalue weighted by Crippen LogP contribution is 2.32. The number of rotatable bonds is 4. The summed E-state index contributed by atoms with van der Waals surface area (Å²) in [5.41, 5.74) is 1.06. The molecule has 124 valence electrons. The normalized spacial score (nSPS) is 23.4. The van der Waals surface area contributed by atoms with Crippen LogP contribution in [0.4, 0.5) is 5.69 Å². The molecular formula is C16H20N2O5. The Kier molecular flexibility index (Phi) is 4.49. The number of amides is 2. The Morgan fingerprint density at radius 3 is 3.04 bits per heavy atom. The van der Waals surface area contributed by atoms with Gasteiger partial charge in [-0.3, -0.25) is 9.59 Å². The van der Waals surface area contributed by atoms with E-state index in [0.29, 0.717) is 36.8 Å². The summed E-state index contributed by atoms with van der Waals surface area (Å²) in [6.45, 7) is 3.42. The minimum atomic E-state index is -0.223. The van der Waals surface area contributed by atoms with Gasteiger partial charge in [0.25, 0.3) is 11.8 Å².